The minimum atomic E-state index is -3.48. The summed E-state index contributed by atoms with van der Waals surface area (Å²) in [6.45, 7) is 5.51. The van der Waals surface area contributed by atoms with Crippen molar-refractivity contribution in [2.24, 2.45) is 11.7 Å². The molecular weight excluding hydrogens is 324 g/mol. The van der Waals surface area contributed by atoms with Crippen LogP contribution in [0.2, 0.25) is 0 Å². The van der Waals surface area contributed by atoms with E-state index in [1.54, 1.807) is 12.1 Å². The van der Waals surface area contributed by atoms with Crippen LogP contribution in [-0.2, 0) is 10.0 Å². The summed E-state index contributed by atoms with van der Waals surface area (Å²) in [4.78, 5) is 0.316. The van der Waals surface area contributed by atoms with Gasteiger partial charge in [-0.25, -0.2) is 18.6 Å². The molecule has 3 rings (SSSR count). The molecule has 2 fully saturated rings. The Balaban J connectivity index is 1.73. The van der Waals surface area contributed by atoms with Crippen molar-refractivity contribution in [2.75, 3.05) is 0 Å². The third-order valence-corrected chi connectivity index (χ3v) is 6.67. The third-order valence-electron chi connectivity index (χ3n) is 4.90. The normalized spacial score (nSPS) is 31.0. The Kier molecular flexibility index (Phi) is 4.74. The molecule has 134 valence electrons. The van der Waals surface area contributed by atoms with Gasteiger partial charge in [-0.05, 0) is 63.6 Å². The molecule has 1 heterocycles. The first kappa shape index (κ1) is 17.8. The maximum absolute atomic E-state index is 12.4. The van der Waals surface area contributed by atoms with E-state index in [0.29, 0.717) is 22.8 Å². The van der Waals surface area contributed by atoms with Crippen molar-refractivity contribution < 1.29 is 8.42 Å². The van der Waals surface area contributed by atoms with E-state index in [9.17, 15) is 8.42 Å². The summed E-state index contributed by atoms with van der Waals surface area (Å²) >= 11 is 0. The van der Waals surface area contributed by atoms with Crippen LogP contribution in [0.1, 0.15) is 51.5 Å². The standard InChI is InChI=1S/C17H28N4O2S/c1-17(2,3)21-24(22,23)13-7-4-11(5-8-13)12-6-9-15-14(10-12)16(18)20-19-15/h4-5,7-8,12,14-16,19-21H,6,9-10,18H2,1-3H3. The van der Waals surface area contributed by atoms with Gasteiger partial charge in [0.2, 0.25) is 10.0 Å². The molecule has 0 bridgehead atoms. The highest BCUT2D eigenvalue weighted by atomic mass is 32.2. The fourth-order valence-electron chi connectivity index (χ4n) is 3.78. The Hall–Kier alpha value is -0.990. The van der Waals surface area contributed by atoms with E-state index >= 15 is 0 Å². The van der Waals surface area contributed by atoms with Crippen LogP contribution >= 0.6 is 0 Å². The third kappa shape index (κ3) is 3.81. The zero-order chi connectivity index (χ0) is 17.5. The second kappa shape index (κ2) is 6.38. The van der Waals surface area contributed by atoms with Gasteiger partial charge >= 0.3 is 0 Å². The predicted octanol–water partition coefficient (Wildman–Crippen LogP) is 1.41. The number of hydrogen-bond acceptors (Lipinski definition) is 5. The molecule has 6 nitrogen and oxygen atoms in total. The zero-order valence-corrected chi connectivity index (χ0v) is 15.4. The molecule has 24 heavy (non-hydrogen) atoms. The topological polar surface area (TPSA) is 96.2 Å². The van der Waals surface area contributed by atoms with Gasteiger partial charge in [-0.2, -0.15) is 0 Å². The molecule has 0 aromatic heterocycles. The molecule has 0 amide bonds. The van der Waals surface area contributed by atoms with Crippen LogP contribution in [-0.4, -0.2) is 26.2 Å². The Morgan fingerprint density at radius 2 is 1.79 bits per heavy atom. The number of nitrogens with one attached hydrogen (secondary N) is 3. The summed E-state index contributed by atoms with van der Waals surface area (Å²) in [5.41, 5.74) is 13.2. The van der Waals surface area contributed by atoms with Crippen molar-refractivity contribution in [1.29, 1.82) is 0 Å². The lowest BCUT2D eigenvalue weighted by molar-refractivity contribution is 0.278. The molecule has 4 atom stereocenters. The van der Waals surface area contributed by atoms with Gasteiger partial charge in [0, 0.05) is 17.5 Å². The monoisotopic (exact) mass is 352 g/mol. The van der Waals surface area contributed by atoms with E-state index in [1.165, 1.54) is 5.56 Å². The lowest BCUT2D eigenvalue weighted by Gasteiger charge is -2.32. The molecule has 7 heteroatoms. The molecule has 1 aliphatic carbocycles. The molecule has 4 unspecified atom stereocenters. The van der Waals surface area contributed by atoms with Gasteiger partial charge < -0.3 is 5.73 Å². The van der Waals surface area contributed by atoms with Crippen LogP contribution in [0.3, 0.4) is 0 Å². The fourth-order valence-corrected chi connectivity index (χ4v) is 5.19. The highest BCUT2D eigenvalue weighted by Crippen LogP contribution is 2.38. The highest BCUT2D eigenvalue weighted by molar-refractivity contribution is 7.89. The lowest BCUT2D eigenvalue weighted by atomic mass is 9.75. The Labute approximate surface area is 144 Å². The number of hydrazine groups is 1. The second-order valence-electron chi connectivity index (χ2n) is 8.02. The van der Waals surface area contributed by atoms with Gasteiger partial charge in [0.1, 0.15) is 0 Å². The average molecular weight is 353 g/mol. The number of fused-ring (bicyclic) bond motifs is 1. The van der Waals surface area contributed by atoms with Gasteiger partial charge in [0.25, 0.3) is 0 Å². The van der Waals surface area contributed by atoms with Crippen LogP contribution < -0.4 is 21.3 Å². The van der Waals surface area contributed by atoms with Crippen molar-refractivity contribution >= 4 is 10.0 Å². The summed E-state index contributed by atoms with van der Waals surface area (Å²) in [5, 5.41) is 0. The largest absolute Gasteiger partial charge is 0.315 e. The summed E-state index contributed by atoms with van der Waals surface area (Å²) in [7, 11) is -3.48. The minimum absolute atomic E-state index is 0.00608. The smallest absolute Gasteiger partial charge is 0.241 e. The molecule has 0 radical (unpaired) electrons. The lowest BCUT2D eigenvalue weighted by Crippen LogP contribution is -2.40. The van der Waals surface area contributed by atoms with Gasteiger partial charge in [-0.3, -0.25) is 5.43 Å². The molecule has 2 aliphatic rings. The van der Waals surface area contributed by atoms with Gasteiger partial charge in [-0.1, -0.05) is 12.1 Å². The maximum Gasteiger partial charge on any atom is 0.241 e. The first-order chi connectivity index (χ1) is 11.2. The molecule has 1 aromatic carbocycles. The maximum atomic E-state index is 12.4. The van der Waals surface area contributed by atoms with Crippen LogP contribution in [0.25, 0.3) is 0 Å². The SMILES string of the molecule is CC(C)(C)NS(=O)(=O)c1ccc(C2CCC3NNC(N)C3C2)cc1. The molecule has 1 saturated heterocycles. The number of rotatable bonds is 3. The quantitative estimate of drug-likeness (QED) is 0.660. The van der Waals surface area contributed by atoms with Crippen molar-refractivity contribution in [3.05, 3.63) is 29.8 Å². The summed E-state index contributed by atoms with van der Waals surface area (Å²) in [6.07, 6.45) is 3.20. The Morgan fingerprint density at radius 1 is 1.12 bits per heavy atom. The number of nitrogens with two attached hydrogens (primary N) is 1. The average Bonchev–Trinajstić information content (AvgIpc) is 2.86. The van der Waals surface area contributed by atoms with E-state index in [1.807, 2.05) is 32.9 Å². The molecule has 5 N–H and O–H groups in total. The van der Waals surface area contributed by atoms with Crippen LogP contribution in [0.15, 0.2) is 29.2 Å². The van der Waals surface area contributed by atoms with E-state index in [2.05, 4.69) is 15.6 Å². The Bertz CT molecular complexity index is 682. The minimum Gasteiger partial charge on any atom is -0.315 e. The first-order valence-electron chi connectivity index (χ1n) is 8.56. The first-order valence-corrected chi connectivity index (χ1v) is 10.0. The van der Waals surface area contributed by atoms with E-state index in [0.717, 1.165) is 19.3 Å². The molecule has 1 aromatic rings. The van der Waals surface area contributed by atoms with Crippen molar-refractivity contribution in [3.63, 3.8) is 0 Å². The second-order valence-corrected chi connectivity index (χ2v) is 9.70. The molecular formula is C17H28N4O2S. The predicted molar refractivity (Wildman–Crippen MR) is 94.6 cm³/mol. The van der Waals surface area contributed by atoms with E-state index in [4.69, 9.17) is 5.73 Å². The number of hydrogen-bond donors (Lipinski definition) is 4. The van der Waals surface area contributed by atoms with E-state index < -0.39 is 15.6 Å². The molecule has 0 spiro atoms. The van der Waals surface area contributed by atoms with Gasteiger partial charge in [-0.15, -0.1) is 0 Å². The summed E-state index contributed by atoms with van der Waals surface area (Å²) in [5.74, 6) is 0.862. The summed E-state index contributed by atoms with van der Waals surface area (Å²) in [6, 6.07) is 7.76. The summed E-state index contributed by atoms with van der Waals surface area (Å²) < 4.78 is 27.5. The Morgan fingerprint density at radius 3 is 2.42 bits per heavy atom. The molecule has 1 aliphatic heterocycles. The van der Waals surface area contributed by atoms with Crippen LogP contribution in [0.4, 0.5) is 0 Å². The zero-order valence-electron chi connectivity index (χ0n) is 14.5. The highest BCUT2D eigenvalue weighted by Gasteiger charge is 2.39. The number of sulfonamides is 1. The van der Waals surface area contributed by atoms with Gasteiger partial charge in [0.05, 0.1) is 11.1 Å². The van der Waals surface area contributed by atoms with E-state index in [-0.39, 0.29) is 6.17 Å². The molecule has 1 saturated carbocycles. The number of benzene rings is 1. The van der Waals surface area contributed by atoms with Crippen molar-refractivity contribution in [2.45, 2.75) is 68.6 Å². The fraction of sp³-hybridized carbons (Fsp3) is 0.647. The van der Waals surface area contributed by atoms with Crippen molar-refractivity contribution in [3.8, 4) is 0 Å². The van der Waals surface area contributed by atoms with Crippen LogP contribution in [0, 0.1) is 5.92 Å². The van der Waals surface area contributed by atoms with Crippen LogP contribution in [0.5, 0.6) is 0 Å². The van der Waals surface area contributed by atoms with Gasteiger partial charge in [0.15, 0.2) is 0 Å². The van der Waals surface area contributed by atoms with Crippen molar-refractivity contribution in [1.82, 2.24) is 15.6 Å².